The van der Waals surface area contributed by atoms with Crippen LogP contribution in [0.1, 0.15) is 11.1 Å². The standard InChI is InChI=1S/C18H11Br/c19-18-11-4-2-7-16(18)13-12-15-9-5-8-14-6-1-3-10-17(14)15/h1-11H. The fourth-order valence-corrected chi connectivity index (χ4v) is 2.42. The fourth-order valence-electron chi connectivity index (χ4n) is 2.03. The molecule has 3 aromatic rings. The van der Waals surface area contributed by atoms with Crippen LogP contribution in [-0.2, 0) is 0 Å². The van der Waals surface area contributed by atoms with Crippen LogP contribution < -0.4 is 0 Å². The molecule has 0 atom stereocenters. The summed E-state index contributed by atoms with van der Waals surface area (Å²) in [5.41, 5.74) is 2.07. The lowest BCUT2D eigenvalue weighted by Crippen LogP contribution is -1.80. The molecule has 0 unspecified atom stereocenters. The molecule has 0 heterocycles. The van der Waals surface area contributed by atoms with Gasteiger partial charge in [0.05, 0.1) is 0 Å². The average Bonchev–Trinajstić information content (AvgIpc) is 2.46. The molecule has 0 fully saturated rings. The van der Waals surface area contributed by atoms with Crippen molar-refractivity contribution in [2.24, 2.45) is 0 Å². The highest BCUT2D eigenvalue weighted by atomic mass is 79.9. The van der Waals surface area contributed by atoms with Crippen molar-refractivity contribution in [3.8, 4) is 11.8 Å². The van der Waals surface area contributed by atoms with Crippen molar-refractivity contribution in [2.75, 3.05) is 0 Å². The van der Waals surface area contributed by atoms with E-state index in [1.165, 1.54) is 10.8 Å². The van der Waals surface area contributed by atoms with Gasteiger partial charge in [0.25, 0.3) is 0 Å². The molecule has 0 saturated carbocycles. The minimum Gasteiger partial charge on any atom is -0.0616 e. The van der Waals surface area contributed by atoms with Gasteiger partial charge in [0.15, 0.2) is 0 Å². The minimum atomic E-state index is 1.01. The van der Waals surface area contributed by atoms with E-state index >= 15 is 0 Å². The zero-order valence-electron chi connectivity index (χ0n) is 10.2. The van der Waals surface area contributed by atoms with Crippen molar-refractivity contribution in [2.45, 2.75) is 0 Å². The number of halogens is 1. The Morgan fingerprint density at radius 2 is 1.26 bits per heavy atom. The summed E-state index contributed by atoms with van der Waals surface area (Å²) >= 11 is 3.52. The third kappa shape index (κ3) is 2.54. The number of benzene rings is 3. The Kier molecular flexibility index (Phi) is 3.35. The van der Waals surface area contributed by atoms with E-state index in [-0.39, 0.29) is 0 Å². The summed E-state index contributed by atoms with van der Waals surface area (Å²) in [6, 6.07) is 22.6. The summed E-state index contributed by atoms with van der Waals surface area (Å²) in [7, 11) is 0. The summed E-state index contributed by atoms with van der Waals surface area (Å²) in [5.74, 6) is 6.49. The number of hydrogen-bond acceptors (Lipinski definition) is 0. The Balaban J connectivity index is 2.11. The summed E-state index contributed by atoms with van der Waals surface area (Å²) in [6.07, 6.45) is 0. The Morgan fingerprint density at radius 1 is 0.632 bits per heavy atom. The van der Waals surface area contributed by atoms with E-state index in [1.54, 1.807) is 0 Å². The molecular weight excluding hydrogens is 296 g/mol. The topological polar surface area (TPSA) is 0 Å². The van der Waals surface area contributed by atoms with Crippen LogP contribution in [0.25, 0.3) is 10.8 Å². The molecule has 0 aliphatic carbocycles. The molecule has 0 saturated heterocycles. The van der Waals surface area contributed by atoms with E-state index in [4.69, 9.17) is 0 Å². The number of rotatable bonds is 0. The van der Waals surface area contributed by atoms with Gasteiger partial charge in [-0.05, 0) is 44.9 Å². The summed E-state index contributed by atoms with van der Waals surface area (Å²) in [6.45, 7) is 0. The first-order valence-corrected chi connectivity index (χ1v) is 6.88. The predicted octanol–water partition coefficient (Wildman–Crippen LogP) is 5.00. The Hall–Kier alpha value is -2.04. The molecule has 90 valence electrons. The second-order valence-electron chi connectivity index (χ2n) is 4.26. The van der Waals surface area contributed by atoms with E-state index in [2.05, 4.69) is 52.0 Å². The molecule has 0 aromatic heterocycles. The molecular formula is C18H11Br. The SMILES string of the molecule is Brc1ccccc1C#Cc1cccc2ccccc12. The molecule has 0 aliphatic heterocycles. The third-order valence-corrected chi connectivity index (χ3v) is 3.69. The predicted molar refractivity (Wildman–Crippen MR) is 84.1 cm³/mol. The zero-order valence-corrected chi connectivity index (χ0v) is 11.8. The molecule has 0 N–H and O–H groups in total. The van der Waals surface area contributed by atoms with Gasteiger partial charge in [0.2, 0.25) is 0 Å². The number of hydrogen-bond donors (Lipinski definition) is 0. The lowest BCUT2D eigenvalue weighted by molar-refractivity contribution is 1.59. The molecule has 19 heavy (non-hydrogen) atoms. The normalized spacial score (nSPS) is 9.95. The quantitative estimate of drug-likeness (QED) is 0.513. The second kappa shape index (κ2) is 5.30. The highest BCUT2D eigenvalue weighted by molar-refractivity contribution is 9.10. The fraction of sp³-hybridized carbons (Fsp3) is 0. The van der Waals surface area contributed by atoms with Crippen molar-refractivity contribution in [3.63, 3.8) is 0 Å². The van der Waals surface area contributed by atoms with Gasteiger partial charge in [-0.1, -0.05) is 60.4 Å². The zero-order chi connectivity index (χ0) is 13.1. The minimum absolute atomic E-state index is 1.01. The first kappa shape index (κ1) is 12.0. The highest BCUT2D eigenvalue weighted by Gasteiger charge is 1.97. The van der Waals surface area contributed by atoms with E-state index in [9.17, 15) is 0 Å². The third-order valence-electron chi connectivity index (χ3n) is 3.00. The Bertz CT molecular complexity index is 786. The molecule has 0 spiro atoms. The largest absolute Gasteiger partial charge is 0.0616 e. The molecule has 1 heteroatoms. The highest BCUT2D eigenvalue weighted by Crippen LogP contribution is 2.18. The molecule has 3 aromatic carbocycles. The summed E-state index contributed by atoms with van der Waals surface area (Å²) in [5, 5.41) is 2.42. The Morgan fingerprint density at radius 3 is 2.16 bits per heavy atom. The van der Waals surface area contributed by atoms with Gasteiger partial charge >= 0.3 is 0 Å². The first-order valence-electron chi connectivity index (χ1n) is 6.09. The van der Waals surface area contributed by atoms with Crippen molar-refractivity contribution in [1.82, 2.24) is 0 Å². The van der Waals surface area contributed by atoms with Gasteiger partial charge in [-0.2, -0.15) is 0 Å². The molecule has 0 amide bonds. The van der Waals surface area contributed by atoms with Gasteiger partial charge in [0, 0.05) is 15.6 Å². The number of fused-ring (bicyclic) bond motifs is 1. The van der Waals surface area contributed by atoms with Crippen LogP contribution in [0.2, 0.25) is 0 Å². The molecule has 0 aliphatic rings. The van der Waals surface area contributed by atoms with Crippen LogP contribution in [0, 0.1) is 11.8 Å². The van der Waals surface area contributed by atoms with E-state index < -0.39 is 0 Å². The molecule has 0 nitrogen and oxygen atoms in total. The maximum Gasteiger partial charge on any atom is 0.0391 e. The summed E-state index contributed by atoms with van der Waals surface area (Å²) in [4.78, 5) is 0. The Labute approximate surface area is 121 Å². The molecule has 3 rings (SSSR count). The van der Waals surface area contributed by atoms with Gasteiger partial charge in [0.1, 0.15) is 0 Å². The van der Waals surface area contributed by atoms with Crippen molar-refractivity contribution < 1.29 is 0 Å². The van der Waals surface area contributed by atoms with E-state index in [1.807, 2.05) is 42.5 Å². The van der Waals surface area contributed by atoms with Crippen molar-refractivity contribution in [1.29, 1.82) is 0 Å². The van der Waals surface area contributed by atoms with E-state index in [0.717, 1.165) is 15.6 Å². The van der Waals surface area contributed by atoms with Crippen LogP contribution >= 0.6 is 15.9 Å². The van der Waals surface area contributed by atoms with Crippen LogP contribution in [0.3, 0.4) is 0 Å². The first-order chi connectivity index (χ1) is 9.34. The van der Waals surface area contributed by atoms with Gasteiger partial charge in [-0.25, -0.2) is 0 Å². The van der Waals surface area contributed by atoms with Gasteiger partial charge in [-0.3, -0.25) is 0 Å². The summed E-state index contributed by atoms with van der Waals surface area (Å²) < 4.78 is 1.03. The van der Waals surface area contributed by atoms with Crippen molar-refractivity contribution >= 4 is 26.7 Å². The van der Waals surface area contributed by atoms with Crippen LogP contribution in [-0.4, -0.2) is 0 Å². The van der Waals surface area contributed by atoms with E-state index in [0.29, 0.717) is 0 Å². The maximum atomic E-state index is 3.52. The molecule has 0 bridgehead atoms. The lowest BCUT2D eigenvalue weighted by atomic mass is 10.0. The monoisotopic (exact) mass is 306 g/mol. The van der Waals surface area contributed by atoms with Crippen LogP contribution in [0.15, 0.2) is 71.2 Å². The smallest absolute Gasteiger partial charge is 0.0391 e. The molecule has 0 radical (unpaired) electrons. The van der Waals surface area contributed by atoms with Crippen LogP contribution in [0.4, 0.5) is 0 Å². The maximum absolute atomic E-state index is 3.52. The van der Waals surface area contributed by atoms with Gasteiger partial charge in [-0.15, -0.1) is 0 Å². The van der Waals surface area contributed by atoms with Gasteiger partial charge < -0.3 is 0 Å². The second-order valence-corrected chi connectivity index (χ2v) is 5.11. The lowest BCUT2D eigenvalue weighted by Gasteiger charge is -1.99. The van der Waals surface area contributed by atoms with Crippen molar-refractivity contribution in [3.05, 3.63) is 82.3 Å². The average molecular weight is 307 g/mol. The van der Waals surface area contributed by atoms with Crippen LogP contribution in [0.5, 0.6) is 0 Å².